The van der Waals surface area contributed by atoms with Crippen LogP contribution in [0.25, 0.3) is 22.2 Å². The number of pyridine rings is 1. The van der Waals surface area contributed by atoms with E-state index in [0.717, 1.165) is 32.2 Å². The molecule has 0 unspecified atom stereocenters. The maximum Gasteiger partial charge on any atom is 0.133 e. The van der Waals surface area contributed by atoms with Crippen molar-refractivity contribution in [2.75, 3.05) is 5.73 Å². The Morgan fingerprint density at radius 2 is 2.00 bits per heavy atom. The highest BCUT2D eigenvalue weighted by molar-refractivity contribution is 9.10. The van der Waals surface area contributed by atoms with Crippen molar-refractivity contribution in [3.05, 3.63) is 40.2 Å². The number of rotatable bonds is 1. The molecule has 0 spiro atoms. The number of nitrogens with two attached hydrogens (primary N) is 1. The molecule has 0 saturated heterocycles. The largest absolute Gasteiger partial charge is 0.397 e. The molecule has 0 aliphatic carbocycles. The molecule has 0 radical (unpaired) electrons. The lowest BCUT2D eigenvalue weighted by molar-refractivity contribution is 0.415. The van der Waals surface area contributed by atoms with Crippen LogP contribution in [-0.2, 0) is 0 Å². The number of nitrogens with zero attached hydrogens (tertiary/aromatic N) is 2. The number of anilines is 1. The van der Waals surface area contributed by atoms with Crippen LogP contribution in [0.5, 0.6) is 0 Å². The number of aryl methyl sites for hydroxylation is 2. The summed E-state index contributed by atoms with van der Waals surface area (Å²) in [6.45, 7) is 3.91. The minimum absolute atomic E-state index is 0.614. The highest BCUT2D eigenvalue weighted by atomic mass is 79.9. The highest BCUT2D eigenvalue weighted by Crippen LogP contribution is 2.32. The summed E-state index contributed by atoms with van der Waals surface area (Å²) in [5.74, 6) is 0. The van der Waals surface area contributed by atoms with Gasteiger partial charge in [-0.3, -0.25) is 0 Å². The second-order valence-corrected chi connectivity index (χ2v) is 5.41. The molecule has 96 valence electrons. The van der Waals surface area contributed by atoms with Crippen LogP contribution in [0.4, 0.5) is 5.69 Å². The van der Waals surface area contributed by atoms with Gasteiger partial charge in [0.05, 0.1) is 28.2 Å². The van der Waals surface area contributed by atoms with E-state index < -0.39 is 0 Å². The van der Waals surface area contributed by atoms with Gasteiger partial charge in [-0.15, -0.1) is 0 Å². The fourth-order valence-corrected chi connectivity index (χ4v) is 2.79. The predicted molar refractivity (Wildman–Crippen MR) is 78.8 cm³/mol. The van der Waals surface area contributed by atoms with Crippen molar-refractivity contribution in [3.63, 3.8) is 0 Å². The number of aromatic nitrogens is 2. The van der Waals surface area contributed by atoms with Crippen molar-refractivity contribution in [1.29, 1.82) is 0 Å². The van der Waals surface area contributed by atoms with Gasteiger partial charge in [0.2, 0.25) is 0 Å². The van der Waals surface area contributed by atoms with Gasteiger partial charge in [0.15, 0.2) is 0 Å². The Labute approximate surface area is 118 Å². The van der Waals surface area contributed by atoms with Crippen molar-refractivity contribution in [3.8, 4) is 11.3 Å². The minimum atomic E-state index is 0.614. The molecule has 0 atom stereocenters. The lowest BCUT2D eigenvalue weighted by Crippen LogP contribution is -1.95. The van der Waals surface area contributed by atoms with E-state index >= 15 is 0 Å². The zero-order valence-electron chi connectivity index (χ0n) is 10.6. The van der Waals surface area contributed by atoms with Crippen LogP contribution in [0, 0.1) is 13.8 Å². The number of hydrogen-bond acceptors (Lipinski definition) is 4. The summed E-state index contributed by atoms with van der Waals surface area (Å²) < 4.78 is 5.96. The molecule has 19 heavy (non-hydrogen) atoms. The lowest BCUT2D eigenvalue weighted by atomic mass is 10.1. The van der Waals surface area contributed by atoms with Gasteiger partial charge in [-0.2, -0.15) is 0 Å². The standard InChI is InChI=1S/C14H12BrN3O/c1-7-3-11(15)9-5-12(16)14(17-13(9)4-7)10-6-19-18-8(10)2/h3-6H,16H2,1-2H3. The number of fused-ring (bicyclic) bond motifs is 1. The Hall–Kier alpha value is -1.88. The van der Waals surface area contributed by atoms with Crippen molar-refractivity contribution in [1.82, 2.24) is 10.1 Å². The molecule has 5 heteroatoms. The van der Waals surface area contributed by atoms with Gasteiger partial charge in [-0.25, -0.2) is 4.98 Å². The smallest absolute Gasteiger partial charge is 0.133 e. The second-order valence-electron chi connectivity index (χ2n) is 4.55. The first-order valence-corrected chi connectivity index (χ1v) is 6.63. The third-order valence-electron chi connectivity index (χ3n) is 3.06. The maximum absolute atomic E-state index is 6.10. The summed E-state index contributed by atoms with van der Waals surface area (Å²) in [5.41, 5.74) is 11.1. The number of halogens is 1. The Balaban J connectivity index is 2.33. The average Bonchev–Trinajstić information content (AvgIpc) is 2.76. The van der Waals surface area contributed by atoms with Gasteiger partial charge < -0.3 is 10.3 Å². The number of hydrogen-bond donors (Lipinski definition) is 1. The third-order valence-corrected chi connectivity index (χ3v) is 3.72. The molecule has 0 amide bonds. The molecule has 1 aromatic carbocycles. The van der Waals surface area contributed by atoms with Crippen molar-refractivity contribution in [2.24, 2.45) is 0 Å². The summed E-state index contributed by atoms with van der Waals surface area (Å²) >= 11 is 3.54. The van der Waals surface area contributed by atoms with Crippen LogP contribution in [-0.4, -0.2) is 10.1 Å². The van der Waals surface area contributed by atoms with Gasteiger partial charge in [-0.1, -0.05) is 21.1 Å². The quantitative estimate of drug-likeness (QED) is 0.740. The second kappa shape index (κ2) is 4.35. The van der Waals surface area contributed by atoms with E-state index in [1.165, 1.54) is 0 Å². The molecule has 2 N–H and O–H groups in total. The summed E-state index contributed by atoms with van der Waals surface area (Å²) in [6, 6.07) is 6.01. The molecule has 2 aromatic heterocycles. The van der Waals surface area contributed by atoms with Crippen LogP contribution in [0.1, 0.15) is 11.3 Å². The van der Waals surface area contributed by atoms with Gasteiger partial charge in [-0.05, 0) is 37.6 Å². The van der Waals surface area contributed by atoms with Crippen molar-refractivity contribution < 1.29 is 4.52 Å². The maximum atomic E-state index is 6.10. The first kappa shape index (κ1) is 12.2. The summed E-state index contributed by atoms with van der Waals surface area (Å²) in [6.07, 6.45) is 1.57. The van der Waals surface area contributed by atoms with E-state index in [-0.39, 0.29) is 0 Å². The molecule has 4 nitrogen and oxygen atoms in total. The molecule has 0 bridgehead atoms. The van der Waals surface area contributed by atoms with Crippen molar-refractivity contribution in [2.45, 2.75) is 13.8 Å². The normalized spacial score (nSPS) is 11.1. The molecule has 0 fully saturated rings. The predicted octanol–water partition coefficient (Wildman–Crippen LogP) is 3.85. The Morgan fingerprint density at radius 3 is 2.68 bits per heavy atom. The van der Waals surface area contributed by atoms with E-state index in [9.17, 15) is 0 Å². The minimum Gasteiger partial charge on any atom is -0.397 e. The molecule has 2 heterocycles. The lowest BCUT2D eigenvalue weighted by Gasteiger charge is -2.08. The molecule has 3 aromatic rings. The van der Waals surface area contributed by atoms with Crippen LogP contribution in [0.3, 0.4) is 0 Å². The SMILES string of the molecule is Cc1cc(Br)c2cc(N)c(-c3conc3C)nc2c1. The zero-order chi connectivity index (χ0) is 13.6. The van der Waals surface area contributed by atoms with Gasteiger partial charge in [0.1, 0.15) is 6.26 Å². The Morgan fingerprint density at radius 1 is 1.21 bits per heavy atom. The van der Waals surface area contributed by atoms with Crippen LogP contribution < -0.4 is 5.73 Å². The van der Waals surface area contributed by atoms with E-state index in [1.807, 2.05) is 32.0 Å². The Bertz CT molecular complexity index is 780. The third kappa shape index (κ3) is 2.00. The topological polar surface area (TPSA) is 64.9 Å². The van der Waals surface area contributed by atoms with Gasteiger partial charge in [0.25, 0.3) is 0 Å². The molecular weight excluding hydrogens is 306 g/mol. The van der Waals surface area contributed by atoms with Gasteiger partial charge in [0, 0.05) is 9.86 Å². The van der Waals surface area contributed by atoms with E-state index in [2.05, 4.69) is 26.1 Å². The summed E-state index contributed by atoms with van der Waals surface area (Å²) in [5, 5.41) is 4.87. The van der Waals surface area contributed by atoms with Crippen molar-refractivity contribution >= 4 is 32.5 Å². The van der Waals surface area contributed by atoms with Crippen LogP contribution in [0.2, 0.25) is 0 Å². The number of benzene rings is 1. The molecular formula is C14H12BrN3O. The fraction of sp³-hybridized carbons (Fsp3) is 0.143. The first-order valence-electron chi connectivity index (χ1n) is 5.84. The summed E-state index contributed by atoms with van der Waals surface area (Å²) in [4.78, 5) is 4.64. The number of nitrogen functional groups attached to an aromatic ring is 1. The monoisotopic (exact) mass is 317 g/mol. The Kier molecular flexibility index (Phi) is 2.78. The molecule has 0 aliphatic rings. The first-order chi connectivity index (χ1) is 9.06. The molecule has 3 rings (SSSR count). The van der Waals surface area contributed by atoms with E-state index in [1.54, 1.807) is 6.26 Å². The van der Waals surface area contributed by atoms with Crippen LogP contribution in [0.15, 0.2) is 33.5 Å². The zero-order valence-corrected chi connectivity index (χ0v) is 12.2. The highest BCUT2D eigenvalue weighted by Gasteiger charge is 2.13. The van der Waals surface area contributed by atoms with E-state index in [4.69, 9.17) is 10.3 Å². The van der Waals surface area contributed by atoms with Crippen LogP contribution >= 0.6 is 15.9 Å². The fourth-order valence-electron chi connectivity index (χ4n) is 2.11. The average molecular weight is 318 g/mol. The molecule has 0 saturated carbocycles. The van der Waals surface area contributed by atoms with E-state index in [0.29, 0.717) is 11.4 Å². The van der Waals surface area contributed by atoms with Gasteiger partial charge >= 0.3 is 0 Å². The summed E-state index contributed by atoms with van der Waals surface area (Å²) in [7, 11) is 0. The molecule has 0 aliphatic heterocycles.